The molecule has 0 radical (unpaired) electrons. The lowest BCUT2D eigenvalue weighted by Crippen LogP contribution is -2.05. The fourth-order valence-corrected chi connectivity index (χ4v) is 3.22. The highest BCUT2D eigenvalue weighted by Crippen LogP contribution is 2.35. The van der Waals surface area contributed by atoms with Crippen LogP contribution in [0.3, 0.4) is 0 Å². The van der Waals surface area contributed by atoms with Gasteiger partial charge >= 0.3 is 5.97 Å². The Bertz CT molecular complexity index is 917. The number of benzene rings is 3. The van der Waals surface area contributed by atoms with E-state index in [9.17, 15) is 4.79 Å². The van der Waals surface area contributed by atoms with Gasteiger partial charge in [-0.1, -0.05) is 79.4 Å². The lowest BCUT2D eigenvalue weighted by atomic mass is 9.84. The van der Waals surface area contributed by atoms with E-state index in [0.717, 1.165) is 28.0 Å². The highest BCUT2D eigenvalue weighted by atomic mass is 16.5. The SMILES string of the molecule is C=C(c1cccc(OCc2ccccc2)c1)[C@H](CCC(=O)O)c1ccccc1. The van der Waals surface area contributed by atoms with E-state index in [-0.39, 0.29) is 12.3 Å². The van der Waals surface area contributed by atoms with Crippen molar-refractivity contribution in [3.8, 4) is 5.75 Å². The number of rotatable bonds is 9. The zero-order valence-corrected chi connectivity index (χ0v) is 15.8. The monoisotopic (exact) mass is 372 g/mol. The third-order valence-corrected chi connectivity index (χ3v) is 4.72. The van der Waals surface area contributed by atoms with Gasteiger partial charge in [0.25, 0.3) is 0 Å². The largest absolute Gasteiger partial charge is 0.489 e. The molecule has 0 bridgehead atoms. The summed E-state index contributed by atoms with van der Waals surface area (Å²) in [4.78, 5) is 11.1. The first-order valence-corrected chi connectivity index (χ1v) is 9.36. The van der Waals surface area contributed by atoms with Crippen LogP contribution in [-0.2, 0) is 11.4 Å². The molecule has 142 valence electrons. The van der Waals surface area contributed by atoms with Crippen LogP contribution < -0.4 is 4.74 Å². The molecule has 0 heterocycles. The minimum atomic E-state index is -0.798. The fraction of sp³-hybridized carbons (Fsp3) is 0.160. The van der Waals surface area contributed by atoms with E-state index in [1.54, 1.807) is 0 Å². The van der Waals surface area contributed by atoms with Crippen molar-refractivity contribution in [1.29, 1.82) is 0 Å². The minimum absolute atomic E-state index is 0.0540. The van der Waals surface area contributed by atoms with Crippen LogP contribution in [0.25, 0.3) is 5.57 Å². The van der Waals surface area contributed by atoms with E-state index in [2.05, 4.69) is 6.58 Å². The van der Waals surface area contributed by atoms with E-state index < -0.39 is 5.97 Å². The molecule has 0 saturated carbocycles. The molecule has 1 N–H and O–H groups in total. The second-order valence-electron chi connectivity index (χ2n) is 6.72. The Hall–Kier alpha value is -3.33. The smallest absolute Gasteiger partial charge is 0.303 e. The maximum absolute atomic E-state index is 11.1. The van der Waals surface area contributed by atoms with E-state index in [1.807, 2.05) is 84.9 Å². The Balaban J connectivity index is 1.77. The molecule has 0 unspecified atom stereocenters. The summed E-state index contributed by atoms with van der Waals surface area (Å²) in [6.07, 6.45) is 0.607. The van der Waals surface area contributed by atoms with Crippen molar-refractivity contribution in [1.82, 2.24) is 0 Å². The first-order chi connectivity index (χ1) is 13.6. The van der Waals surface area contributed by atoms with E-state index in [1.165, 1.54) is 0 Å². The van der Waals surface area contributed by atoms with Crippen LogP contribution in [0.2, 0.25) is 0 Å². The molecule has 3 rings (SSSR count). The molecule has 3 heteroatoms. The average Bonchev–Trinajstić information content (AvgIpc) is 2.74. The van der Waals surface area contributed by atoms with Crippen LogP contribution >= 0.6 is 0 Å². The van der Waals surface area contributed by atoms with Gasteiger partial charge in [0.2, 0.25) is 0 Å². The van der Waals surface area contributed by atoms with Crippen molar-refractivity contribution in [3.05, 3.63) is 108 Å². The molecular weight excluding hydrogens is 348 g/mol. The van der Waals surface area contributed by atoms with Crippen molar-refractivity contribution in [2.45, 2.75) is 25.4 Å². The van der Waals surface area contributed by atoms with Gasteiger partial charge in [0, 0.05) is 12.3 Å². The van der Waals surface area contributed by atoms with Crippen molar-refractivity contribution < 1.29 is 14.6 Å². The maximum atomic E-state index is 11.1. The Morgan fingerprint density at radius 1 is 0.929 bits per heavy atom. The summed E-state index contributed by atoms with van der Waals surface area (Å²) in [6.45, 7) is 4.79. The number of carbonyl (C=O) groups is 1. The molecule has 3 aromatic carbocycles. The Morgan fingerprint density at radius 3 is 2.29 bits per heavy atom. The number of aliphatic carboxylic acids is 1. The molecule has 0 aliphatic carbocycles. The lowest BCUT2D eigenvalue weighted by Gasteiger charge is -2.20. The highest BCUT2D eigenvalue weighted by Gasteiger charge is 2.18. The Kier molecular flexibility index (Phi) is 6.64. The normalized spacial score (nSPS) is 11.6. The Morgan fingerprint density at radius 2 is 1.61 bits per heavy atom. The van der Waals surface area contributed by atoms with Crippen LogP contribution in [0.1, 0.15) is 35.4 Å². The van der Waals surface area contributed by atoms with Gasteiger partial charge in [0.1, 0.15) is 12.4 Å². The van der Waals surface area contributed by atoms with Gasteiger partial charge < -0.3 is 9.84 Å². The third-order valence-electron chi connectivity index (χ3n) is 4.72. The van der Waals surface area contributed by atoms with Gasteiger partial charge in [-0.3, -0.25) is 4.79 Å². The molecule has 28 heavy (non-hydrogen) atoms. The average molecular weight is 372 g/mol. The quantitative estimate of drug-likeness (QED) is 0.506. The maximum Gasteiger partial charge on any atom is 0.303 e. The molecular formula is C25H24O3. The van der Waals surface area contributed by atoms with Gasteiger partial charge in [-0.15, -0.1) is 0 Å². The van der Waals surface area contributed by atoms with Crippen molar-refractivity contribution in [2.75, 3.05) is 0 Å². The lowest BCUT2D eigenvalue weighted by molar-refractivity contribution is -0.137. The topological polar surface area (TPSA) is 46.5 Å². The number of carboxylic acid groups (broad SMARTS) is 1. The van der Waals surface area contributed by atoms with Gasteiger partial charge in [-0.25, -0.2) is 0 Å². The van der Waals surface area contributed by atoms with E-state index >= 15 is 0 Å². The van der Waals surface area contributed by atoms with Crippen LogP contribution in [0.4, 0.5) is 0 Å². The van der Waals surface area contributed by atoms with Crippen LogP contribution in [0, 0.1) is 0 Å². The number of hydrogen-bond acceptors (Lipinski definition) is 2. The first kappa shape index (κ1) is 19.4. The minimum Gasteiger partial charge on any atom is -0.489 e. The standard InChI is InChI=1S/C25H24O3/c1-19(24(15-16-25(26)27)21-11-6-3-7-12-21)22-13-8-14-23(17-22)28-18-20-9-4-2-5-10-20/h2-14,17,24H,1,15-16,18H2,(H,26,27)/t24-/m0/s1. The van der Waals surface area contributed by atoms with Crippen molar-refractivity contribution >= 4 is 11.5 Å². The molecule has 1 atom stereocenters. The summed E-state index contributed by atoms with van der Waals surface area (Å²) in [5.41, 5.74) is 4.04. The second kappa shape index (κ2) is 9.56. The summed E-state index contributed by atoms with van der Waals surface area (Å²) in [5, 5.41) is 9.13. The predicted octanol–water partition coefficient (Wildman–Crippen LogP) is 5.93. The van der Waals surface area contributed by atoms with Crippen LogP contribution in [0.15, 0.2) is 91.5 Å². The summed E-state index contributed by atoms with van der Waals surface area (Å²) in [6, 6.07) is 27.8. The zero-order valence-electron chi connectivity index (χ0n) is 15.8. The fourth-order valence-electron chi connectivity index (χ4n) is 3.22. The second-order valence-corrected chi connectivity index (χ2v) is 6.72. The number of carboxylic acids is 1. The third kappa shape index (κ3) is 5.34. The zero-order chi connectivity index (χ0) is 19.8. The molecule has 3 nitrogen and oxygen atoms in total. The van der Waals surface area contributed by atoms with Gasteiger partial charge in [0.05, 0.1) is 0 Å². The Labute approximate surface area is 165 Å². The summed E-state index contributed by atoms with van der Waals surface area (Å²) in [7, 11) is 0. The van der Waals surface area contributed by atoms with E-state index in [0.29, 0.717) is 13.0 Å². The van der Waals surface area contributed by atoms with Crippen LogP contribution in [-0.4, -0.2) is 11.1 Å². The van der Waals surface area contributed by atoms with Gasteiger partial charge in [-0.05, 0) is 40.8 Å². The molecule has 0 saturated heterocycles. The predicted molar refractivity (Wildman–Crippen MR) is 112 cm³/mol. The summed E-state index contributed by atoms with van der Waals surface area (Å²) in [5.74, 6) is -0.0806. The summed E-state index contributed by atoms with van der Waals surface area (Å²) < 4.78 is 5.93. The molecule has 0 aliphatic rings. The van der Waals surface area contributed by atoms with Crippen LogP contribution in [0.5, 0.6) is 5.75 Å². The highest BCUT2D eigenvalue weighted by molar-refractivity contribution is 5.72. The number of allylic oxidation sites excluding steroid dienone is 1. The molecule has 0 amide bonds. The van der Waals surface area contributed by atoms with Gasteiger partial charge in [-0.2, -0.15) is 0 Å². The molecule has 0 aromatic heterocycles. The van der Waals surface area contributed by atoms with E-state index in [4.69, 9.17) is 9.84 Å². The van der Waals surface area contributed by atoms with Gasteiger partial charge in [0.15, 0.2) is 0 Å². The molecule has 3 aromatic rings. The van der Waals surface area contributed by atoms with Crippen molar-refractivity contribution in [3.63, 3.8) is 0 Å². The molecule has 0 fully saturated rings. The number of ether oxygens (including phenoxy) is 1. The number of hydrogen-bond donors (Lipinski definition) is 1. The molecule has 0 aliphatic heterocycles. The summed E-state index contributed by atoms with van der Waals surface area (Å²) >= 11 is 0. The first-order valence-electron chi connectivity index (χ1n) is 9.36. The molecule has 0 spiro atoms. The van der Waals surface area contributed by atoms with Crippen molar-refractivity contribution in [2.24, 2.45) is 0 Å².